The fraction of sp³-hybridized carbons (Fsp3) is 0.167. The molecule has 1 atom stereocenters. The average Bonchev–Trinajstić information content (AvgIpc) is 2.79. The minimum atomic E-state index is -4.75. The van der Waals surface area contributed by atoms with E-state index < -0.39 is 23.6 Å². The molecular weight excluding hydrogens is 266 g/mol. The molecule has 1 nitrogen and oxygen atoms in total. The van der Waals surface area contributed by atoms with E-state index in [1.807, 2.05) is 0 Å². The molecular formula is C12H9F4NS. The molecule has 0 aliphatic rings. The molecule has 2 aromatic rings. The molecule has 0 aliphatic carbocycles. The molecule has 1 aromatic heterocycles. The molecule has 18 heavy (non-hydrogen) atoms. The van der Waals surface area contributed by atoms with Gasteiger partial charge in [0.1, 0.15) is 5.82 Å². The number of benzene rings is 1. The zero-order chi connectivity index (χ0) is 13.3. The van der Waals surface area contributed by atoms with Crippen LogP contribution in [0.5, 0.6) is 0 Å². The Bertz CT molecular complexity index is 534. The van der Waals surface area contributed by atoms with Crippen LogP contribution in [-0.4, -0.2) is 0 Å². The molecule has 0 bridgehead atoms. The average molecular weight is 275 g/mol. The van der Waals surface area contributed by atoms with Gasteiger partial charge in [-0.15, -0.1) is 11.3 Å². The summed E-state index contributed by atoms with van der Waals surface area (Å²) in [6, 6.07) is 5.56. The van der Waals surface area contributed by atoms with Crippen LogP contribution in [0.2, 0.25) is 0 Å². The summed E-state index contributed by atoms with van der Waals surface area (Å²) < 4.78 is 51.8. The van der Waals surface area contributed by atoms with Crippen LogP contribution in [0.25, 0.3) is 0 Å². The quantitative estimate of drug-likeness (QED) is 0.825. The molecule has 96 valence electrons. The number of nitrogens with two attached hydrogens (primary N) is 1. The van der Waals surface area contributed by atoms with Crippen molar-refractivity contribution in [1.82, 2.24) is 0 Å². The van der Waals surface area contributed by atoms with Crippen molar-refractivity contribution in [2.24, 2.45) is 5.73 Å². The predicted octanol–water partition coefficient (Wildman–Crippen LogP) is 3.95. The highest BCUT2D eigenvalue weighted by Crippen LogP contribution is 2.38. The Morgan fingerprint density at radius 2 is 1.83 bits per heavy atom. The molecule has 0 unspecified atom stereocenters. The van der Waals surface area contributed by atoms with Crippen LogP contribution in [0.4, 0.5) is 17.6 Å². The summed E-state index contributed by atoms with van der Waals surface area (Å²) in [6.45, 7) is 0. The molecule has 2 rings (SSSR count). The summed E-state index contributed by atoms with van der Waals surface area (Å²) in [7, 11) is 0. The van der Waals surface area contributed by atoms with Crippen molar-refractivity contribution in [2.75, 3.05) is 0 Å². The highest BCUT2D eigenvalue weighted by atomic mass is 32.1. The number of thiophene rings is 1. The van der Waals surface area contributed by atoms with Crippen molar-refractivity contribution < 1.29 is 17.6 Å². The Morgan fingerprint density at radius 1 is 1.11 bits per heavy atom. The summed E-state index contributed by atoms with van der Waals surface area (Å²) in [5.74, 6) is -1.30. The van der Waals surface area contributed by atoms with Gasteiger partial charge >= 0.3 is 6.18 Å². The van der Waals surface area contributed by atoms with Gasteiger partial charge in [-0.1, -0.05) is 18.2 Å². The first kappa shape index (κ1) is 13.0. The van der Waals surface area contributed by atoms with Gasteiger partial charge in [-0.3, -0.25) is 0 Å². The lowest BCUT2D eigenvalue weighted by molar-refractivity contribution is -0.140. The van der Waals surface area contributed by atoms with Crippen LogP contribution in [-0.2, 0) is 6.18 Å². The Kier molecular flexibility index (Phi) is 3.41. The largest absolute Gasteiger partial charge is 0.419 e. The van der Waals surface area contributed by atoms with Gasteiger partial charge in [0.25, 0.3) is 0 Å². The van der Waals surface area contributed by atoms with Crippen LogP contribution < -0.4 is 5.73 Å². The standard InChI is InChI=1S/C12H9F4NS/c13-8-4-1-3-7(10(8)12(14,15)16)11(17)9-5-2-6-18-9/h1-6,11H,17H2/t11-/m0/s1. The first-order valence-corrected chi connectivity index (χ1v) is 5.94. The summed E-state index contributed by atoms with van der Waals surface area (Å²) in [5.41, 5.74) is 4.24. The van der Waals surface area contributed by atoms with Crippen LogP contribution in [0.1, 0.15) is 22.0 Å². The van der Waals surface area contributed by atoms with Crippen LogP contribution in [0, 0.1) is 5.82 Å². The van der Waals surface area contributed by atoms with Crippen molar-refractivity contribution in [1.29, 1.82) is 0 Å². The van der Waals surface area contributed by atoms with Gasteiger partial charge in [0.05, 0.1) is 11.6 Å². The number of rotatable bonds is 2. The molecule has 1 aromatic carbocycles. The van der Waals surface area contributed by atoms with Crippen molar-refractivity contribution in [3.8, 4) is 0 Å². The molecule has 0 amide bonds. The Labute approximate surface area is 105 Å². The van der Waals surface area contributed by atoms with E-state index in [0.717, 1.165) is 6.07 Å². The minimum Gasteiger partial charge on any atom is -0.320 e. The van der Waals surface area contributed by atoms with Crippen molar-refractivity contribution in [3.63, 3.8) is 0 Å². The SMILES string of the molecule is N[C@H](c1cccs1)c1cccc(F)c1C(F)(F)F. The number of alkyl halides is 3. The van der Waals surface area contributed by atoms with Gasteiger partial charge < -0.3 is 5.73 Å². The topological polar surface area (TPSA) is 26.0 Å². The van der Waals surface area contributed by atoms with E-state index in [0.29, 0.717) is 4.88 Å². The molecule has 1 heterocycles. The summed E-state index contributed by atoms with van der Waals surface area (Å²) in [6.07, 6.45) is -4.75. The Morgan fingerprint density at radius 3 is 2.39 bits per heavy atom. The van der Waals surface area contributed by atoms with Gasteiger partial charge in [0.2, 0.25) is 0 Å². The van der Waals surface area contributed by atoms with Crippen molar-refractivity contribution in [3.05, 3.63) is 57.5 Å². The van der Waals surface area contributed by atoms with Crippen LogP contribution >= 0.6 is 11.3 Å². The zero-order valence-corrected chi connectivity index (χ0v) is 9.86. The van der Waals surface area contributed by atoms with E-state index in [9.17, 15) is 17.6 Å². The molecule has 2 N–H and O–H groups in total. The highest BCUT2D eigenvalue weighted by Gasteiger charge is 2.38. The van der Waals surface area contributed by atoms with Crippen molar-refractivity contribution >= 4 is 11.3 Å². The molecule has 0 fully saturated rings. The molecule has 0 radical (unpaired) electrons. The molecule has 0 saturated carbocycles. The Hall–Kier alpha value is -1.40. The number of hydrogen-bond acceptors (Lipinski definition) is 2. The Balaban J connectivity index is 2.55. The van der Waals surface area contributed by atoms with Crippen LogP contribution in [0.3, 0.4) is 0 Å². The summed E-state index contributed by atoms with van der Waals surface area (Å²) in [5, 5.41) is 1.71. The molecule has 6 heteroatoms. The highest BCUT2D eigenvalue weighted by molar-refractivity contribution is 7.10. The lowest BCUT2D eigenvalue weighted by Gasteiger charge is -2.17. The maximum atomic E-state index is 13.4. The van der Waals surface area contributed by atoms with Gasteiger partial charge in [0.15, 0.2) is 0 Å². The van der Waals surface area contributed by atoms with Gasteiger partial charge in [-0.05, 0) is 23.1 Å². The van der Waals surface area contributed by atoms with Crippen molar-refractivity contribution in [2.45, 2.75) is 12.2 Å². The second-order valence-corrected chi connectivity index (χ2v) is 4.67. The van der Waals surface area contributed by atoms with E-state index in [1.165, 1.54) is 23.5 Å². The second kappa shape index (κ2) is 4.70. The fourth-order valence-corrected chi connectivity index (χ4v) is 2.47. The molecule has 0 spiro atoms. The van der Waals surface area contributed by atoms with Gasteiger partial charge in [-0.25, -0.2) is 4.39 Å². The van der Waals surface area contributed by atoms with E-state index in [-0.39, 0.29) is 5.56 Å². The fourth-order valence-electron chi connectivity index (χ4n) is 1.72. The molecule has 0 saturated heterocycles. The predicted molar refractivity (Wildman–Crippen MR) is 61.8 cm³/mol. The van der Waals surface area contributed by atoms with E-state index >= 15 is 0 Å². The third kappa shape index (κ3) is 2.39. The normalized spacial score (nSPS) is 13.6. The maximum Gasteiger partial charge on any atom is 0.419 e. The third-order valence-electron chi connectivity index (χ3n) is 2.51. The summed E-state index contributed by atoms with van der Waals surface area (Å²) >= 11 is 1.24. The van der Waals surface area contributed by atoms with Gasteiger partial charge in [0, 0.05) is 4.88 Å². The third-order valence-corrected chi connectivity index (χ3v) is 3.47. The monoisotopic (exact) mass is 275 g/mol. The van der Waals surface area contributed by atoms with E-state index in [1.54, 1.807) is 17.5 Å². The zero-order valence-electron chi connectivity index (χ0n) is 9.04. The van der Waals surface area contributed by atoms with Crippen LogP contribution in [0.15, 0.2) is 35.7 Å². The smallest absolute Gasteiger partial charge is 0.320 e. The maximum absolute atomic E-state index is 13.4. The molecule has 0 aliphatic heterocycles. The summed E-state index contributed by atoms with van der Waals surface area (Å²) in [4.78, 5) is 0.561. The lowest BCUT2D eigenvalue weighted by Crippen LogP contribution is -2.19. The number of hydrogen-bond donors (Lipinski definition) is 1. The minimum absolute atomic E-state index is 0.245. The lowest BCUT2D eigenvalue weighted by atomic mass is 9.99. The van der Waals surface area contributed by atoms with E-state index in [2.05, 4.69) is 0 Å². The van der Waals surface area contributed by atoms with E-state index in [4.69, 9.17) is 5.73 Å². The first-order valence-electron chi connectivity index (χ1n) is 5.06. The van der Waals surface area contributed by atoms with Gasteiger partial charge in [-0.2, -0.15) is 13.2 Å². The number of halogens is 4. The second-order valence-electron chi connectivity index (χ2n) is 3.69. The first-order chi connectivity index (χ1) is 8.41.